The number of piperidine rings is 1. The van der Waals surface area contributed by atoms with Crippen LogP contribution in [0.5, 0.6) is 0 Å². The van der Waals surface area contributed by atoms with Crippen LogP contribution in [0.1, 0.15) is 53.4 Å². The average Bonchev–Trinajstić information content (AvgIpc) is 2.36. The van der Waals surface area contributed by atoms with E-state index in [9.17, 15) is 14.7 Å². The van der Waals surface area contributed by atoms with Gasteiger partial charge in [-0.2, -0.15) is 0 Å². The number of aliphatic carboxylic acids is 1. The first-order chi connectivity index (χ1) is 9.20. The van der Waals surface area contributed by atoms with E-state index in [1.54, 1.807) is 4.90 Å². The maximum atomic E-state index is 12.1. The Bertz CT molecular complexity index is 353. The van der Waals surface area contributed by atoms with E-state index >= 15 is 0 Å². The summed E-state index contributed by atoms with van der Waals surface area (Å²) in [5, 5.41) is 12.6. The molecule has 1 rings (SSSR count). The smallest absolute Gasteiger partial charge is 0.309 e. The standard InChI is InChI=1S/C15H28N2O3/c1-5-6-15(13(19)20)7-9-17(10-8-15)12(18)11-16-14(2,3)4/h16H,5-11H2,1-4H3,(H,19,20). The zero-order valence-electron chi connectivity index (χ0n) is 13.2. The van der Waals surface area contributed by atoms with Crippen molar-refractivity contribution in [2.24, 2.45) is 5.41 Å². The van der Waals surface area contributed by atoms with Crippen LogP contribution in [0.25, 0.3) is 0 Å². The van der Waals surface area contributed by atoms with Crippen LogP contribution >= 0.6 is 0 Å². The second-order valence-corrected chi connectivity index (χ2v) is 6.82. The van der Waals surface area contributed by atoms with Gasteiger partial charge in [0, 0.05) is 18.6 Å². The molecule has 1 aliphatic rings. The number of carboxylic acid groups (broad SMARTS) is 1. The molecule has 2 N–H and O–H groups in total. The minimum atomic E-state index is -0.709. The van der Waals surface area contributed by atoms with E-state index in [-0.39, 0.29) is 11.4 Å². The number of hydrogen-bond donors (Lipinski definition) is 2. The zero-order valence-corrected chi connectivity index (χ0v) is 13.2. The molecular formula is C15H28N2O3. The Labute approximate surface area is 121 Å². The van der Waals surface area contributed by atoms with Crippen molar-refractivity contribution in [2.45, 2.75) is 58.9 Å². The molecule has 0 aromatic heterocycles. The van der Waals surface area contributed by atoms with Gasteiger partial charge in [-0.3, -0.25) is 9.59 Å². The molecule has 1 aliphatic heterocycles. The van der Waals surface area contributed by atoms with Gasteiger partial charge in [0.05, 0.1) is 12.0 Å². The van der Waals surface area contributed by atoms with Gasteiger partial charge < -0.3 is 15.3 Å². The van der Waals surface area contributed by atoms with Gasteiger partial charge in [-0.15, -0.1) is 0 Å². The second kappa shape index (κ2) is 6.57. The Kier molecular flexibility index (Phi) is 5.57. The van der Waals surface area contributed by atoms with Gasteiger partial charge in [-0.1, -0.05) is 13.3 Å². The highest BCUT2D eigenvalue weighted by molar-refractivity contribution is 5.79. The van der Waals surface area contributed by atoms with E-state index < -0.39 is 11.4 Å². The van der Waals surface area contributed by atoms with Gasteiger partial charge in [0.25, 0.3) is 0 Å². The molecule has 1 heterocycles. The summed E-state index contributed by atoms with van der Waals surface area (Å²) in [6, 6.07) is 0. The predicted octanol–water partition coefficient (Wildman–Crippen LogP) is 1.87. The first-order valence-electron chi connectivity index (χ1n) is 7.46. The number of hydrogen-bond acceptors (Lipinski definition) is 3. The highest BCUT2D eigenvalue weighted by Gasteiger charge is 2.41. The monoisotopic (exact) mass is 284 g/mol. The van der Waals surface area contributed by atoms with Crippen molar-refractivity contribution in [1.82, 2.24) is 10.2 Å². The van der Waals surface area contributed by atoms with Gasteiger partial charge in [-0.25, -0.2) is 0 Å². The fraction of sp³-hybridized carbons (Fsp3) is 0.867. The Morgan fingerprint density at radius 1 is 1.25 bits per heavy atom. The highest BCUT2D eigenvalue weighted by atomic mass is 16.4. The molecule has 0 aromatic rings. The molecule has 5 heteroatoms. The molecule has 1 amide bonds. The third-order valence-electron chi connectivity index (χ3n) is 4.03. The molecule has 0 aliphatic carbocycles. The van der Waals surface area contributed by atoms with Gasteiger partial charge >= 0.3 is 5.97 Å². The Hall–Kier alpha value is -1.10. The molecular weight excluding hydrogens is 256 g/mol. The van der Waals surface area contributed by atoms with E-state index in [0.29, 0.717) is 38.9 Å². The number of carboxylic acids is 1. The molecule has 1 fully saturated rings. The number of carbonyl (C=O) groups is 2. The average molecular weight is 284 g/mol. The molecule has 1 saturated heterocycles. The van der Waals surface area contributed by atoms with Crippen LogP contribution in [0.3, 0.4) is 0 Å². The van der Waals surface area contributed by atoms with Crippen LogP contribution in [0.2, 0.25) is 0 Å². The van der Waals surface area contributed by atoms with E-state index in [2.05, 4.69) is 5.32 Å². The first kappa shape index (κ1) is 17.0. The van der Waals surface area contributed by atoms with Crippen LogP contribution < -0.4 is 5.32 Å². The van der Waals surface area contributed by atoms with Crippen molar-refractivity contribution < 1.29 is 14.7 Å². The summed E-state index contributed by atoms with van der Waals surface area (Å²) in [6.07, 6.45) is 2.70. The predicted molar refractivity (Wildman–Crippen MR) is 78.5 cm³/mol. The van der Waals surface area contributed by atoms with Crippen LogP contribution in [0.15, 0.2) is 0 Å². The summed E-state index contributed by atoms with van der Waals surface area (Å²) in [5.41, 5.74) is -0.707. The Morgan fingerprint density at radius 2 is 1.80 bits per heavy atom. The van der Waals surface area contributed by atoms with Crippen molar-refractivity contribution in [1.29, 1.82) is 0 Å². The molecule has 0 radical (unpaired) electrons. The number of carbonyl (C=O) groups excluding carboxylic acids is 1. The molecule has 20 heavy (non-hydrogen) atoms. The third-order valence-corrected chi connectivity index (χ3v) is 4.03. The maximum absolute atomic E-state index is 12.1. The lowest BCUT2D eigenvalue weighted by Crippen LogP contribution is -2.50. The molecule has 0 spiro atoms. The van der Waals surface area contributed by atoms with Crippen molar-refractivity contribution in [3.05, 3.63) is 0 Å². The quantitative estimate of drug-likeness (QED) is 0.808. The number of rotatable bonds is 5. The van der Waals surface area contributed by atoms with Crippen molar-refractivity contribution in [2.75, 3.05) is 19.6 Å². The van der Waals surface area contributed by atoms with Crippen LogP contribution in [-0.4, -0.2) is 47.1 Å². The zero-order chi connectivity index (χ0) is 15.4. The molecule has 0 aromatic carbocycles. The first-order valence-corrected chi connectivity index (χ1v) is 7.46. The topological polar surface area (TPSA) is 69.6 Å². The van der Waals surface area contributed by atoms with E-state index in [1.807, 2.05) is 27.7 Å². The summed E-state index contributed by atoms with van der Waals surface area (Å²) < 4.78 is 0. The molecule has 0 atom stereocenters. The molecule has 0 saturated carbocycles. The maximum Gasteiger partial charge on any atom is 0.309 e. The Morgan fingerprint density at radius 3 is 2.20 bits per heavy atom. The highest BCUT2D eigenvalue weighted by Crippen LogP contribution is 2.36. The van der Waals surface area contributed by atoms with Crippen LogP contribution in [0.4, 0.5) is 0 Å². The van der Waals surface area contributed by atoms with E-state index in [0.717, 1.165) is 6.42 Å². The lowest BCUT2D eigenvalue weighted by Gasteiger charge is -2.39. The van der Waals surface area contributed by atoms with Gasteiger partial charge in [-0.05, 0) is 40.0 Å². The normalized spacial score (nSPS) is 18.9. The summed E-state index contributed by atoms with van der Waals surface area (Å²) in [6.45, 7) is 9.49. The van der Waals surface area contributed by atoms with Crippen molar-refractivity contribution >= 4 is 11.9 Å². The second-order valence-electron chi connectivity index (χ2n) is 6.82. The molecule has 0 bridgehead atoms. The largest absolute Gasteiger partial charge is 0.481 e. The molecule has 5 nitrogen and oxygen atoms in total. The summed E-state index contributed by atoms with van der Waals surface area (Å²) in [5.74, 6) is -0.644. The lowest BCUT2D eigenvalue weighted by molar-refractivity contribution is -0.154. The fourth-order valence-electron chi connectivity index (χ4n) is 2.69. The van der Waals surface area contributed by atoms with E-state index in [1.165, 1.54) is 0 Å². The van der Waals surface area contributed by atoms with Gasteiger partial charge in [0.2, 0.25) is 5.91 Å². The number of nitrogens with one attached hydrogen (secondary N) is 1. The number of likely N-dealkylation sites (tertiary alicyclic amines) is 1. The van der Waals surface area contributed by atoms with Crippen molar-refractivity contribution in [3.63, 3.8) is 0 Å². The van der Waals surface area contributed by atoms with Gasteiger partial charge in [0.15, 0.2) is 0 Å². The van der Waals surface area contributed by atoms with Crippen LogP contribution in [0, 0.1) is 5.41 Å². The van der Waals surface area contributed by atoms with Crippen molar-refractivity contribution in [3.8, 4) is 0 Å². The van der Waals surface area contributed by atoms with E-state index in [4.69, 9.17) is 0 Å². The minimum Gasteiger partial charge on any atom is -0.481 e. The number of nitrogens with zero attached hydrogens (tertiary/aromatic N) is 1. The molecule has 116 valence electrons. The number of amides is 1. The Balaban J connectivity index is 2.52. The summed E-state index contributed by atoms with van der Waals surface area (Å²) in [7, 11) is 0. The third kappa shape index (κ3) is 4.47. The lowest BCUT2D eigenvalue weighted by atomic mass is 9.75. The minimum absolute atomic E-state index is 0.0652. The summed E-state index contributed by atoms with van der Waals surface area (Å²) in [4.78, 5) is 25.4. The summed E-state index contributed by atoms with van der Waals surface area (Å²) >= 11 is 0. The van der Waals surface area contributed by atoms with Crippen LogP contribution in [-0.2, 0) is 9.59 Å². The molecule has 0 unspecified atom stereocenters. The van der Waals surface area contributed by atoms with Gasteiger partial charge in [0.1, 0.15) is 0 Å². The fourth-order valence-corrected chi connectivity index (χ4v) is 2.69. The SMILES string of the molecule is CCCC1(C(=O)O)CCN(C(=O)CNC(C)(C)C)CC1.